The summed E-state index contributed by atoms with van der Waals surface area (Å²) in [5.41, 5.74) is 2.34. The van der Waals surface area contributed by atoms with Crippen molar-refractivity contribution in [3.05, 3.63) is 35.4 Å². The molecule has 2 unspecified atom stereocenters. The minimum atomic E-state index is -0.0417. The molecule has 1 heterocycles. The number of morpholine rings is 1. The first-order chi connectivity index (χ1) is 7.20. The van der Waals surface area contributed by atoms with E-state index in [9.17, 15) is 5.21 Å². The zero-order valence-corrected chi connectivity index (χ0v) is 9.18. The Morgan fingerprint density at radius 1 is 1.40 bits per heavy atom. The van der Waals surface area contributed by atoms with Gasteiger partial charge >= 0.3 is 0 Å². The summed E-state index contributed by atoms with van der Waals surface area (Å²) in [6, 6.07) is 8.07. The Morgan fingerprint density at radius 3 is 2.80 bits per heavy atom. The van der Waals surface area contributed by atoms with E-state index in [4.69, 9.17) is 4.74 Å². The molecule has 3 heteroatoms. The minimum absolute atomic E-state index is 0.0323. The van der Waals surface area contributed by atoms with Crippen molar-refractivity contribution in [2.24, 2.45) is 0 Å². The van der Waals surface area contributed by atoms with E-state index in [0.29, 0.717) is 13.2 Å². The Morgan fingerprint density at radius 2 is 2.13 bits per heavy atom. The molecule has 2 atom stereocenters. The van der Waals surface area contributed by atoms with Crippen molar-refractivity contribution in [1.29, 1.82) is 0 Å². The van der Waals surface area contributed by atoms with Gasteiger partial charge in [0.15, 0.2) is 0 Å². The molecule has 0 aliphatic carbocycles. The van der Waals surface area contributed by atoms with Gasteiger partial charge < -0.3 is 9.94 Å². The molecular weight excluding hydrogens is 190 g/mol. The molecule has 2 rings (SSSR count). The fraction of sp³-hybridized carbons (Fsp3) is 0.500. The molecular formula is C12H17NO2. The molecule has 1 aromatic rings. The fourth-order valence-corrected chi connectivity index (χ4v) is 2.14. The number of hydrogen-bond donors (Lipinski definition) is 1. The Hall–Kier alpha value is -0.900. The van der Waals surface area contributed by atoms with Crippen LogP contribution >= 0.6 is 0 Å². The van der Waals surface area contributed by atoms with Crippen molar-refractivity contribution in [2.75, 3.05) is 13.2 Å². The first-order valence-electron chi connectivity index (χ1n) is 5.33. The highest BCUT2D eigenvalue weighted by molar-refractivity contribution is 5.29. The predicted molar refractivity (Wildman–Crippen MR) is 57.8 cm³/mol. The summed E-state index contributed by atoms with van der Waals surface area (Å²) in [6.07, 6.45) is 0.0323. The van der Waals surface area contributed by atoms with Crippen LogP contribution in [0.15, 0.2) is 24.3 Å². The summed E-state index contributed by atoms with van der Waals surface area (Å²) in [7, 11) is 0. The molecule has 1 aromatic carbocycles. The molecule has 0 amide bonds. The molecule has 82 valence electrons. The lowest BCUT2D eigenvalue weighted by molar-refractivity contribution is -0.207. The summed E-state index contributed by atoms with van der Waals surface area (Å²) >= 11 is 0. The van der Waals surface area contributed by atoms with Crippen molar-refractivity contribution in [2.45, 2.75) is 26.0 Å². The zero-order valence-electron chi connectivity index (χ0n) is 9.18. The predicted octanol–water partition coefficient (Wildman–Crippen LogP) is 2.15. The van der Waals surface area contributed by atoms with Crippen molar-refractivity contribution >= 4 is 0 Å². The Kier molecular flexibility index (Phi) is 3.05. The van der Waals surface area contributed by atoms with E-state index in [1.54, 1.807) is 0 Å². The highest BCUT2D eigenvalue weighted by Crippen LogP contribution is 2.29. The number of aryl methyl sites for hydroxylation is 1. The van der Waals surface area contributed by atoms with Gasteiger partial charge in [0.05, 0.1) is 18.8 Å². The minimum Gasteiger partial charge on any atom is -0.375 e. The lowest BCUT2D eigenvalue weighted by atomic mass is 9.96. The Labute approximate surface area is 90.2 Å². The van der Waals surface area contributed by atoms with Gasteiger partial charge in [-0.15, -0.1) is 0 Å². The normalized spacial score (nSPS) is 27.9. The Balaban J connectivity index is 2.31. The average Bonchev–Trinajstić information content (AvgIpc) is 2.20. The SMILES string of the molecule is Cc1ccccc1C1C(C)OCCN1O. The molecule has 1 aliphatic heterocycles. The maximum absolute atomic E-state index is 9.87. The van der Waals surface area contributed by atoms with Crippen LogP contribution < -0.4 is 0 Å². The topological polar surface area (TPSA) is 32.7 Å². The van der Waals surface area contributed by atoms with Crippen molar-refractivity contribution in [1.82, 2.24) is 5.06 Å². The Bertz CT molecular complexity index is 330. The van der Waals surface area contributed by atoms with Crippen LogP contribution in [0.3, 0.4) is 0 Å². The van der Waals surface area contributed by atoms with E-state index in [1.807, 2.05) is 19.1 Å². The third-order valence-electron chi connectivity index (χ3n) is 2.97. The number of nitrogens with zero attached hydrogens (tertiary/aromatic N) is 1. The summed E-state index contributed by atoms with van der Waals surface area (Å²) in [5, 5.41) is 11.3. The number of rotatable bonds is 1. The molecule has 1 fully saturated rings. The molecule has 0 aromatic heterocycles. The second kappa shape index (κ2) is 4.31. The van der Waals surface area contributed by atoms with Gasteiger partial charge in [-0.3, -0.25) is 0 Å². The van der Waals surface area contributed by atoms with Crippen molar-refractivity contribution < 1.29 is 9.94 Å². The van der Waals surface area contributed by atoms with Crippen LogP contribution in [0.1, 0.15) is 24.1 Å². The molecule has 0 saturated carbocycles. The van der Waals surface area contributed by atoms with E-state index in [1.165, 1.54) is 10.6 Å². The lowest BCUT2D eigenvalue weighted by Gasteiger charge is -2.36. The van der Waals surface area contributed by atoms with Crippen molar-refractivity contribution in [3.63, 3.8) is 0 Å². The monoisotopic (exact) mass is 207 g/mol. The van der Waals surface area contributed by atoms with Gasteiger partial charge in [0.2, 0.25) is 0 Å². The van der Waals surface area contributed by atoms with E-state index < -0.39 is 0 Å². The average molecular weight is 207 g/mol. The highest BCUT2D eigenvalue weighted by Gasteiger charge is 2.30. The van der Waals surface area contributed by atoms with Gasteiger partial charge in [0, 0.05) is 6.54 Å². The van der Waals surface area contributed by atoms with Gasteiger partial charge in [-0.1, -0.05) is 24.3 Å². The summed E-state index contributed by atoms with van der Waals surface area (Å²) in [5.74, 6) is 0. The standard InChI is InChI=1S/C12H17NO2/c1-9-5-3-4-6-11(9)12-10(2)15-8-7-13(12)14/h3-6,10,12,14H,7-8H2,1-2H3. The fourth-order valence-electron chi connectivity index (χ4n) is 2.14. The first-order valence-corrected chi connectivity index (χ1v) is 5.33. The third-order valence-corrected chi connectivity index (χ3v) is 2.97. The molecule has 1 N–H and O–H groups in total. The zero-order chi connectivity index (χ0) is 10.8. The van der Waals surface area contributed by atoms with Crippen LogP contribution in [0.4, 0.5) is 0 Å². The van der Waals surface area contributed by atoms with Crippen LogP contribution in [0, 0.1) is 6.92 Å². The summed E-state index contributed by atoms with van der Waals surface area (Å²) in [6.45, 7) is 5.23. The number of benzene rings is 1. The maximum atomic E-state index is 9.87. The highest BCUT2D eigenvalue weighted by atomic mass is 16.5. The largest absolute Gasteiger partial charge is 0.375 e. The van der Waals surface area contributed by atoms with Crippen LogP contribution in [-0.4, -0.2) is 29.5 Å². The first kappa shape index (κ1) is 10.6. The molecule has 1 saturated heterocycles. The number of hydrogen-bond acceptors (Lipinski definition) is 3. The van der Waals surface area contributed by atoms with Gasteiger partial charge in [-0.05, 0) is 25.0 Å². The van der Waals surface area contributed by atoms with Crippen LogP contribution in [0.25, 0.3) is 0 Å². The number of ether oxygens (including phenoxy) is 1. The van der Waals surface area contributed by atoms with Crippen LogP contribution in [-0.2, 0) is 4.74 Å². The van der Waals surface area contributed by atoms with E-state index in [0.717, 1.165) is 5.56 Å². The molecule has 1 aliphatic rings. The summed E-state index contributed by atoms with van der Waals surface area (Å²) in [4.78, 5) is 0. The van der Waals surface area contributed by atoms with Gasteiger partial charge in [0.1, 0.15) is 0 Å². The van der Waals surface area contributed by atoms with E-state index in [2.05, 4.69) is 19.1 Å². The second-order valence-corrected chi connectivity index (χ2v) is 4.04. The van der Waals surface area contributed by atoms with Crippen LogP contribution in [0.5, 0.6) is 0 Å². The van der Waals surface area contributed by atoms with Crippen molar-refractivity contribution in [3.8, 4) is 0 Å². The third kappa shape index (κ3) is 2.04. The van der Waals surface area contributed by atoms with E-state index >= 15 is 0 Å². The van der Waals surface area contributed by atoms with Gasteiger partial charge in [0.25, 0.3) is 0 Å². The quantitative estimate of drug-likeness (QED) is 0.766. The van der Waals surface area contributed by atoms with E-state index in [-0.39, 0.29) is 12.1 Å². The van der Waals surface area contributed by atoms with Crippen LogP contribution in [0.2, 0.25) is 0 Å². The molecule has 0 radical (unpaired) electrons. The molecule has 15 heavy (non-hydrogen) atoms. The van der Waals surface area contributed by atoms with Gasteiger partial charge in [-0.25, -0.2) is 0 Å². The number of hydroxylamine groups is 2. The summed E-state index contributed by atoms with van der Waals surface area (Å²) < 4.78 is 5.57. The van der Waals surface area contributed by atoms with Gasteiger partial charge in [-0.2, -0.15) is 5.06 Å². The smallest absolute Gasteiger partial charge is 0.0862 e. The molecule has 0 bridgehead atoms. The second-order valence-electron chi connectivity index (χ2n) is 4.04. The maximum Gasteiger partial charge on any atom is 0.0862 e. The lowest BCUT2D eigenvalue weighted by Crippen LogP contribution is -2.42. The molecule has 0 spiro atoms. The molecule has 3 nitrogen and oxygen atoms in total.